The first-order chi connectivity index (χ1) is 17.4. The van der Waals surface area contributed by atoms with Gasteiger partial charge in [-0.25, -0.2) is 0 Å². The molecule has 0 heterocycles. The average Bonchev–Trinajstić information content (AvgIpc) is 2.86. The van der Waals surface area contributed by atoms with Crippen molar-refractivity contribution >= 4 is 45.2 Å². The zero-order valence-corrected chi connectivity index (χ0v) is 30.3. The van der Waals surface area contributed by atoms with E-state index in [-0.39, 0.29) is 35.6 Å². The monoisotopic (exact) mass is 680 g/mol. The highest BCUT2D eigenvalue weighted by molar-refractivity contribution is 14.1. The van der Waals surface area contributed by atoms with Crippen LogP contribution in [0.3, 0.4) is 0 Å². The van der Waals surface area contributed by atoms with E-state index < -0.39 is 28.3 Å². The van der Waals surface area contributed by atoms with Crippen LogP contribution in [0, 0.1) is 5.92 Å². The van der Waals surface area contributed by atoms with E-state index in [9.17, 15) is 9.90 Å². The third-order valence-electron chi connectivity index (χ3n) is 8.58. The molecule has 0 amide bonds. The van der Waals surface area contributed by atoms with Crippen LogP contribution in [0.25, 0.3) is 0 Å². The lowest BCUT2D eigenvalue weighted by molar-refractivity contribution is -0.151. The first-order valence-corrected chi connectivity index (χ1v) is 20.9. The predicted molar refractivity (Wildman–Crippen MR) is 176 cm³/mol. The van der Waals surface area contributed by atoms with E-state index >= 15 is 0 Å². The molecule has 1 N–H and O–H groups in total. The van der Waals surface area contributed by atoms with E-state index in [1.54, 1.807) is 6.08 Å². The van der Waals surface area contributed by atoms with Crippen LogP contribution in [0.1, 0.15) is 81.6 Å². The Labute approximate surface area is 250 Å². The van der Waals surface area contributed by atoms with Gasteiger partial charge in [0.25, 0.3) is 0 Å². The predicted octanol–water partition coefficient (Wildman–Crippen LogP) is 8.95. The highest BCUT2D eigenvalue weighted by Crippen LogP contribution is 2.39. The molecule has 222 valence electrons. The average molecular weight is 681 g/mol. The number of carbonyl (C=O) groups excluding carboxylic acids is 1. The summed E-state index contributed by atoms with van der Waals surface area (Å²) >= 11 is 2.18. The maximum absolute atomic E-state index is 13.3. The second-order valence-corrected chi connectivity index (χ2v) is 22.5. The van der Waals surface area contributed by atoms with Crippen LogP contribution < -0.4 is 0 Å². The van der Waals surface area contributed by atoms with Gasteiger partial charge in [0.15, 0.2) is 16.6 Å². The highest BCUT2D eigenvalue weighted by Gasteiger charge is 2.44. The van der Waals surface area contributed by atoms with Crippen LogP contribution in [0.15, 0.2) is 35.0 Å². The molecule has 0 unspecified atom stereocenters. The van der Waals surface area contributed by atoms with E-state index in [1.807, 2.05) is 30.9 Å². The molecule has 0 aromatic carbocycles. The molecule has 0 aliphatic carbocycles. The molecule has 5 atom stereocenters. The van der Waals surface area contributed by atoms with Gasteiger partial charge in [0.05, 0.1) is 24.2 Å². The number of ether oxygens (including phenoxy) is 1. The molecule has 0 aliphatic rings. The molecule has 0 fully saturated rings. The number of aliphatic hydroxyl groups excluding tert-OH is 1. The maximum Gasteiger partial charge on any atom is 0.308 e. The molecule has 5 nitrogen and oxygen atoms in total. The van der Waals surface area contributed by atoms with Gasteiger partial charge in [-0.1, -0.05) is 83.2 Å². The number of rotatable bonds is 18. The second-order valence-electron chi connectivity index (χ2n) is 12.4. The third-order valence-corrected chi connectivity index (χ3v) is 18.9. The minimum Gasteiger partial charge on any atom is -0.457 e. The minimum atomic E-state index is -2.18. The van der Waals surface area contributed by atoms with Crippen molar-refractivity contribution < 1.29 is 23.5 Å². The second kappa shape index (κ2) is 16.2. The Morgan fingerprint density at radius 3 is 1.97 bits per heavy atom. The lowest BCUT2D eigenvalue weighted by Gasteiger charge is -2.44. The number of hydrogen-bond donors (Lipinski definition) is 1. The van der Waals surface area contributed by atoms with Crippen LogP contribution >= 0.6 is 22.6 Å². The molecule has 0 bridgehead atoms. The summed E-state index contributed by atoms with van der Waals surface area (Å²) in [7, 11) is -4.20. The first-order valence-electron chi connectivity index (χ1n) is 14.2. The molecule has 0 spiro atoms. The van der Waals surface area contributed by atoms with Gasteiger partial charge >= 0.3 is 5.97 Å². The summed E-state index contributed by atoms with van der Waals surface area (Å²) in [5, 5.41) is 11.0. The molecule has 0 rings (SSSR count). The molecule has 0 radical (unpaired) electrons. The summed E-state index contributed by atoms with van der Waals surface area (Å²) in [5.41, 5.74) is 0.193. The largest absolute Gasteiger partial charge is 0.457 e. The number of esters is 1. The van der Waals surface area contributed by atoms with Gasteiger partial charge in [-0.3, -0.25) is 4.79 Å². The van der Waals surface area contributed by atoms with E-state index in [4.69, 9.17) is 13.6 Å². The van der Waals surface area contributed by atoms with Crippen LogP contribution in [0.2, 0.25) is 36.3 Å². The van der Waals surface area contributed by atoms with Crippen molar-refractivity contribution in [3.63, 3.8) is 0 Å². The van der Waals surface area contributed by atoms with E-state index in [1.165, 1.54) is 0 Å². The van der Waals surface area contributed by atoms with Crippen molar-refractivity contribution in [2.45, 2.75) is 142 Å². The van der Waals surface area contributed by atoms with Gasteiger partial charge in [0.1, 0.15) is 6.10 Å². The fraction of sp³-hybridized carbons (Fsp3) is 0.767. The van der Waals surface area contributed by atoms with Crippen LogP contribution in [0.4, 0.5) is 0 Å². The van der Waals surface area contributed by atoms with Gasteiger partial charge < -0.3 is 18.7 Å². The Morgan fingerprint density at radius 2 is 1.58 bits per heavy atom. The molecular formula is C30H57IO5Si2. The number of aliphatic hydroxyl groups is 1. The van der Waals surface area contributed by atoms with Crippen molar-refractivity contribution in [1.82, 2.24) is 0 Å². The molecule has 0 aromatic rings. The highest BCUT2D eigenvalue weighted by atomic mass is 127. The summed E-state index contributed by atoms with van der Waals surface area (Å²) in [4.78, 5) is 13.3. The topological polar surface area (TPSA) is 65.0 Å². The van der Waals surface area contributed by atoms with E-state index in [2.05, 4.69) is 90.4 Å². The Bertz CT molecular complexity index is 780. The fourth-order valence-electron chi connectivity index (χ4n) is 4.39. The normalized spacial score (nSPS) is 18.2. The van der Waals surface area contributed by atoms with Gasteiger partial charge in [0.2, 0.25) is 0 Å². The lowest BCUT2D eigenvalue weighted by Crippen LogP contribution is -2.52. The molecule has 0 aliphatic heterocycles. The van der Waals surface area contributed by atoms with Crippen molar-refractivity contribution in [2.75, 3.05) is 0 Å². The Balaban J connectivity index is 6.12. The molecular weight excluding hydrogens is 623 g/mol. The summed E-state index contributed by atoms with van der Waals surface area (Å²) in [6, 6.07) is 2.96. The third kappa shape index (κ3) is 11.0. The standard InChI is InChI=1S/C30H57IO5Si2/c1-14-23(6)28(24(7)22-31)34-27(33)21-25(35-37(12,13)29(8,9)10)19-20-30(11,26(32)15-2)36-38(16-3,17-4)18-5/h14-15,22-23,25-26,28,32H,1-2,16-21H2,3-13H3/b24-22+/t23-,25+,26-,28-,30+/m0/s1. The zero-order chi connectivity index (χ0) is 29.9. The molecule has 38 heavy (non-hydrogen) atoms. The Kier molecular flexibility index (Phi) is 16.1. The van der Waals surface area contributed by atoms with E-state index in [0.717, 1.165) is 23.7 Å². The summed E-state index contributed by atoms with van der Waals surface area (Å²) < 4.78 is 21.6. The van der Waals surface area contributed by atoms with Gasteiger partial charge in [-0.15, -0.1) is 13.2 Å². The van der Waals surface area contributed by atoms with Crippen molar-refractivity contribution in [2.24, 2.45) is 5.92 Å². The SMILES string of the molecule is C=C[C@H](C)[C@H](OC(=O)C[C@@H](CC[C@@](C)(O[Si](CC)(CC)CC)[C@@H](O)C=C)O[Si](C)(C)C(C)(C)C)/C(C)=C/I. The Hall–Kier alpha value is -0.266. The maximum atomic E-state index is 13.3. The molecule has 0 saturated heterocycles. The lowest BCUT2D eigenvalue weighted by atomic mass is 9.91. The van der Waals surface area contributed by atoms with Crippen molar-refractivity contribution in [1.29, 1.82) is 0 Å². The Morgan fingerprint density at radius 1 is 1.05 bits per heavy atom. The van der Waals surface area contributed by atoms with Gasteiger partial charge in [-0.2, -0.15) is 0 Å². The van der Waals surface area contributed by atoms with Crippen LogP contribution in [-0.4, -0.2) is 51.6 Å². The zero-order valence-electron chi connectivity index (χ0n) is 26.2. The van der Waals surface area contributed by atoms with Crippen molar-refractivity contribution in [3.05, 3.63) is 35.0 Å². The minimum absolute atomic E-state index is 0.000585. The summed E-state index contributed by atoms with van der Waals surface area (Å²) in [5.74, 6) is -0.282. The van der Waals surface area contributed by atoms with E-state index in [0.29, 0.717) is 12.8 Å². The van der Waals surface area contributed by atoms with Gasteiger partial charge in [0, 0.05) is 5.92 Å². The summed E-state index contributed by atoms with van der Waals surface area (Å²) in [6.07, 6.45) is 3.16. The molecule has 8 heteroatoms. The number of halogens is 1. The first kappa shape index (κ1) is 37.7. The van der Waals surface area contributed by atoms with Gasteiger partial charge in [-0.05, 0) is 72.6 Å². The van der Waals surface area contributed by atoms with Crippen LogP contribution in [-0.2, 0) is 18.4 Å². The molecule has 0 aromatic heterocycles. The quantitative estimate of drug-likeness (QED) is 0.0678. The molecule has 0 saturated carbocycles. The number of carbonyl (C=O) groups is 1. The van der Waals surface area contributed by atoms with Crippen molar-refractivity contribution in [3.8, 4) is 0 Å². The fourth-order valence-corrected chi connectivity index (χ4v) is 9.28. The van der Waals surface area contributed by atoms with Crippen LogP contribution in [0.5, 0.6) is 0 Å². The summed E-state index contributed by atoms with van der Waals surface area (Å²) in [6.45, 7) is 31.3. The number of hydrogen-bond acceptors (Lipinski definition) is 5. The smallest absolute Gasteiger partial charge is 0.308 e.